The van der Waals surface area contributed by atoms with E-state index in [0.29, 0.717) is 6.54 Å². The highest BCUT2D eigenvalue weighted by molar-refractivity contribution is 7.84. The number of amides is 1. The zero-order valence-corrected chi connectivity index (χ0v) is 10.3. The number of rotatable bonds is 3. The summed E-state index contributed by atoms with van der Waals surface area (Å²) in [4.78, 5) is 13.9. The molecule has 1 spiro atoms. The molecule has 1 saturated carbocycles. The van der Waals surface area contributed by atoms with Crippen LogP contribution in [0.3, 0.4) is 0 Å². The first-order chi connectivity index (χ1) is 6.96. The maximum atomic E-state index is 12.0. The lowest BCUT2D eigenvalue weighted by Gasteiger charge is -2.23. The quantitative estimate of drug-likeness (QED) is 0.746. The SMILES string of the molecule is CC1NC2(CC2)C(=O)N1CC(C)S(C)=O. The van der Waals surface area contributed by atoms with E-state index in [2.05, 4.69) is 5.32 Å². The standard InChI is InChI=1S/C10H18N2O2S/c1-7(15(3)14)6-12-8(2)11-10(4-5-10)9(12)13/h7-8,11H,4-6H2,1-3H3. The fraction of sp³-hybridized carbons (Fsp3) is 0.900. The zero-order valence-electron chi connectivity index (χ0n) is 9.45. The zero-order chi connectivity index (χ0) is 11.2. The molecular weight excluding hydrogens is 212 g/mol. The Labute approximate surface area is 92.9 Å². The molecule has 4 nitrogen and oxygen atoms in total. The molecule has 1 amide bonds. The molecule has 0 radical (unpaired) electrons. The van der Waals surface area contributed by atoms with Crippen molar-refractivity contribution < 1.29 is 9.00 Å². The third-order valence-electron chi connectivity index (χ3n) is 3.39. The summed E-state index contributed by atoms with van der Waals surface area (Å²) in [6.45, 7) is 4.52. The van der Waals surface area contributed by atoms with Crippen LogP contribution in [0.1, 0.15) is 26.7 Å². The van der Waals surface area contributed by atoms with Crippen molar-refractivity contribution in [3.05, 3.63) is 0 Å². The van der Waals surface area contributed by atoms with Gasteiger partial charge in [0, 0.05) is 28.9 Å². The van der Waals surface area contributed by atoms with E-state index in [-0.39, 0.29) is 22.9 Å². The van der Waals surface area contributed by atoms with Gasteiger partial charge in [0.25, 0.3) is 0 Å². The van der Waals surface area contributed by atoms with Crippen molar-refractivity contribution in [3.63, 3.8) is 0 Å². The highest BCUT2D eigenvalue weighted by Crippen LogP contribution is 2.41. The Morgan fingerprint density at radius 3 is 2.67 bits per heavy atom. The van der Waals surface area contributed by atoms with Gasteiger partial charge in [0.1, 0.15) is 0 Å². The van der Waals surface area contributed by atoms with Gasteiger partial charge in [0.2, 0.25) is 5.91 Å². The van der Waals surface area contributed by atoms with Gasteiger partial charge >= 0.3 is 0 Å². The molecule has 5 heteroatoms. The van der Waals surface area contributed by atoms with Crippen LogP contribution in [-0.4, -0.2) is 44.8 Å². The van der Waals surface area contributed by atoms with E-state index in [4.69, 9.17) is 0 Å². The molecule has 3 atom stereocenters. The number of carbonyl (C=O) groups excluding carboxylic acids is 1. The molecule has 0 aromatic carbocycles. The second-order valence-corrected chi connectivity index (χ2v) is 6.47. The lowest BCUT2D eigenvalue weighted by atomic mass is 10.2. The monoisotopic (exact) mass is 230 g/mol. The number of carbonyl (C=O) groups is 1. The maximum Gasteiger partial charge on any atom is 0.244 e. The minimum absolute atomic E-state index is 0.0482. The van der Waals surface area contributed by atoms with Crippen LogP contribution in [0.2, 0.25) is 0 Å². The third-order valence-corrected chi connectivity index (χ3v) is 4.68. The Balaban J connectivity index is 2.03. The van der Waals surface area contributed by atoms with Crippen LogP contribution in [0.25, 0.3) is 0 Å². The van der Waals surface area contributed by atoms with E-state index < -0.39 is 10.8 Å². The molecule has 0 aromatic rings. The van der Waals surface area contributed by atoms with Crippen molar-refractivity contribution in [1.29, 1.82) is 0 Å². The van der Waals surface area contributed by atoms with Crippen molar-refractivity contribution in [1.82, 2.24) is 10.2 Å². The molecular formula is C10H18N2O2S. The van der Waals surface area contributed by atoms with Gasteiger partial charge in [-0.15, -0.1) is 0 Å². The molecule has 1 aliphatic heterocycles. The van der Waals surface area contributed by atoms with Gasteiger partial charge in [0.05, 0.1) is 11.7 Å². The van der Waals surface area contributed by atoms with Gasteiger partial charge in [-0.1, -0.05) is 0 Å². The second kappa shape index (κ2) is 3.56. The van der Waals surface area contributed by atoms with E-state index >= 15 is 0 Å². The number of nitrogens with zero attached hydrogens (tertiary/aromatic N) is 1. The van der Waals surface area contributed by atoms with Crippen LogP contribution in [0.5, 0.6) is 0 Å². The van der Waals surface area contributed by atoms with Crippen LogP contribution in [0.4, 0.5) is 0 Å². The van der Waals surface area contributed by atoms with E-state index in [1.807, 2.05) is 18.7 Å². The average molecular weight is 230 g/mol. The highest BCUT2D eigenvalue weighted by Gasteiger charge is 2.58. The topological polar surface area (TPSA) is 49.4 Å². The molecule has 0 bridgehead atoms. The van der Waals surface area contributed by atoms with Crippen LogP contribution < -0.4 is 5.32 Å². The Bertz CT molecular complexity index is 315. The molecule has 1 aliphatic carbocycles. The molecule has 2 fully saturated rings. The van der Waals surface area contributed by atoms with Crippen molar-refractivity contribution in [3.8, 4) is 0 Å². The van der Waals surface area contributed by atoms with Crippen LogP contribution >= 0.6 is 0 Å². The lowest BCUT2D eigenvalue weighted by Crippen LogP contribution is -2.40. The minimum atomic E-state index is -0.862. The molecule has 1 saturated heterocycles. The van der Waals surface area contributed by atoms with E-state index in [1.165, 1.54) is 0 Å². The summed E-state index contributed by atoms with van der Waals surface area (Å²) in [5.41, 5.74) is -0.242. The first-order valence-electron chi connectivity index (χ1n) is 5.37. The highest BCUT2D eigenvalue weighted by atomic mass is 32.2. The molecule has 2 rings (SSSR count). The predicted molar refractivity (Wildman–Crippen MR) is 59.8 cm³/mol. The molecule has 0 aromatic heterocycles. The Kier molecular flexibility index (Phi) is 2.63. The van der Waals surface area contributed by atoms with Crippen molar-refractivity contribution in [2.24, 2.45) is 0 Å². The Morgan fingerprint density at radius 2 is 2.27 bits per heavy atom. The van der Waals surface area contributed by atoms with E-state index in [0.717, 1.165) is 12.8 Å². The fourth-order valence-corrected chi connectivity index (χ4v) is 2.47. The summed E-state index contributed by atoms with van der Waals surface area (Å²) < 4.78 is 11.3. The van der Waals surface area contributed by atoms with Gasteiger partial charge in [-0.25, -0.2) is 0 Å². The van der Waals surface area contributed by atoms with Crippen LogP contribution in [0, 0.1) is 0 Å². The average Bonchev–Trinajstić information content (AvgIpc) is 2.88. The maximum absolute atomic E-state index is 12.0. The summed E-state index contributed by atoms with van der Waals surface area (Å²) in [5.74, 6) is 0.201. The molecule has 3 unspecified atom stereocenters. The van der Waals surface area contributed by atoms with Crippen molar-refractivity contribution in [2.45, 2.75) is 43.6 Å². The summed E-state index contributed by atoms with van der Waals surface area (Å²) in [6.07, 6.45) is 3.69. The fourth-order valence-electron chi connectivity index (χ4n) is 2.10. The number of hydrogen-bond acceptors (Lipinski definition) is 3. The van der Waals surface area contributed by atoms with E-state index in [1.54, 1.807) is 6.26 Å². The van der Waals surface area contributed by atoms with Gasteiger partial charge in [-0.2, -0.15) is 0 Å². The molecule has 1 N–H and O–H groups in total. The normalized spacial score (nSPS) is 32.1. The minimum Gasteiger partial charge on any atom is -0.325 e. The lowest BCUT2D eigenvalue weighted by molar-refractivity contribution is -0.130. The van der Waals surface area contributed by atoms with Crippen molar-refractivity contribution in [2.75, 3.05) is 12.8 Å². The second-order valence-electron chi connectivity index (χ2n) is 4.67. The Hall–Kier alpha value is -0.420. The van der Waals surface area contributed by atoms with Gasteiger partial charge < -0.3 is 4.90 Å². The number of nitrogens with one attached hydrogen (secondary N) is 1. The van der Waals surface area contributed by atoms with Gasteiger partial charge in [-0.05, 0) is 26.7 Å². The molecule has 15 heavy (non-hydrogen) atoms. The summed E-state index contributed by atoms with van der Waals surface area (Å²) >= 11 is 0. The smallest absolute Gasteiger partial charge is 0.244 e. The first kappa shape index (κ1) is 11.1. The first-order valence-corrected chi connectivity index (χ1v) is 6.99. The molecule has 86 valence electrons. The van der Waals surface area contributed by atoms with Gasteiger partial charge in [0.15, 0.2) is 0 Å². The van der Waals surface area contributed by atoms with Crippen molar-refractivity contribution >= 4 is 16.7 Å². The Morgan fingerprint density at radius 1 is 1.67 bits per heavy atom. The van der Waals surface area contributed by atoms with Crippen LogP contribution in [0.15, 0.2) is 0 Å². The summed E-state index contributed by atoms with van der Waals surface area (Å²) in [5, 5.41) is 3.37. The third kappa shape index (κ3) is 1.83. The predicted octanol–water partition coefficient (Wildman–Crippen LogP) is 0.0638. The molecule has 1 heterocycles. The molecule has 2 aliphatic rings. The summed E-state index contributed by atoms with van der Waals surface area (Å²) in [6, 6.07) is 0. The largest absolute Gasteiger partial charge is 0.325 e. The van der Waals surface area contributed by atoms with Crippen LogP contribution in [-0.2, 0) is 15.6 Å². The van der Waals surface area contributed by atoms with Gasteiger partial charge in [-0.3, -0.25) is 14.3 Å². The van der Waals surface area contributed by atoms with E-state index in [9.17, 15) is 9.00 Å². The number of hydrogen-bond donors (Lipinski definition) is 1. The summed E-state index contributed by atoms with van der Waals surface area (Å²) in [7, 11) is -0.862.